The van der Waals surface area contributed by atoms with Crippen LogP contribution in [0.4, 0.5) is 0 Å². The molecule has 142 valence electrons. The number of carbonyl (C=O) groups excluding carboxylic acids is 1. The van der Waals surface area contributed by atoms with E-state index in [0.717, 1.165) is 16.2 Å². The summed E-state index contributed by atoms with van der Waals surface area (Å²) in [6.07, 6.45) is 0. The minimum Gasteiger partial charge on any atom is -0.496 e. The zero-order valence-electron chi connectivity index (χ0n) is 15.7. The van der Waals surface area contributed by atoms with Crippen LogP contribution in [0, 0.1) is 6.92 Å². The van der Waals surface area contributed by atoms with Crippen LogP contribution < -0.4 is 10.1 Å². The maximum Gasteiger partial charge on any atom is 0.259 e. The van der Waals surface area contributed by atoms with E-state index in [1.54, 1.807) is 31.4 Å². The summed E-state index contributed by atoms with van der Waals surface area (Å²) >= 11 is 1.55. The van der Waals surface area contributed by atoms with Crippen LogP contribution in [0.5, 0.6) is 5.75 Å². The van der Waals surface area contributed by atoms with E-state index in [1.165, 1.54) is 0 Å². The zero-order valence-corrected chi connectivity index (χ0v) is 16.5. The van der Waals surface area contributed by atoms with Crippen LogP contribution in [0.25, 0.3) is 21.7 Å². The van der Waals surface area contributed by atoms with Crippen molar-refractivity contribution in [2.45, 2.75) is 19.9 Å². The summed E-state index contributed by atoms with van der Waals surface area (Å²) in [5.74, 6) is 0.519. The number of pyridine rings is 1. The number of rotatable bonds is 5. The maximum absolute atomic E-state index is 13.2. The summed E-state index contributed by atoms with van der Waals surface area (Å²) in [5, 5.41) is 9.65. The molecule has 0 aliphatic heterocycles. The van der Waals surface area contributed by atoms with Gasteiger partial charge >= 0.3 is 0 Å². The summed E-state index contributed by atoms with van der Waals surface area (Å²) < 4.78 is 10.8. The van der Waals surface area contributed by atoms with Crippen molar-refractivity contribution >= 4 is 28.3 Å². The van der Waals surface area contributed by atoms with Gasteiger partial charge in [0.25, 0.3) is 11.6 Å². The number of aryl methyl sites for hydroxylation is 1. The fraction of sp³-hybridized carbons (Fsp3) is 0.190. The van der Waals surface area contributed by atoms with Gasteiger partial charge in [-0.25, -0.2) is 4.98 Å². The zero-order chi connectivity index (χ0) is 19.7. The molecule has 1 amide bonds. The number of aromatic nitrogens is 2. The number of fused-ring (bicyclic) bond motifs is 1. The molecular weight excluding hydrogens is 374 g/mol. The van der Waals surface area contributed by atoms with Crippen molar-refractivity contribution in [2.24, 2.45) is 0 Å². The number of carbonyl (C=O) groups is 1. The monoisotopic (exact) mass is 393 g/mol. The molecule has 28 heavy (non-hydrogen) atoms. The molecular formula is C21H19N3O3S. The molecule has 0 spiro atoms. The van der Waals surface area contributed by atoms with Crippen molar-refractivity contribution in [1.82, 2.24) is 15.5 Å². The Bertz CT molecular complexity index is 1140. The molecule has 0 aliphatic rings. The van der Waals surface area contributed by atoms with Crippen molar-refractivity contribution in [3.05, 3.63) is 64.7 Å². The van der Waals surface area contributed by atoms with Gasteiger partial charge in [0, 0.05) is 5.56 Å². The van der Waals surface area contributed by atoms with E-state index < -0.39 is 0 Å². The summed E-state index contributed by atoms with van der Waals surface area (Å²) in [7, 11) is 1.62. The molecule has 3 heterocycles. The number of ether oxygens (including phenoxy) is 1. The van der Waals surface area contributed by atoms with Gasteiger partial charge in [-0.3, -0.25) is 4.79 Å². The van der Waals surface area contributed by atoms with E-state index in [9.17, 15) is 4.79 Å². The fourth-order valence-electron chi connectivity index (χ4n) is 3.20. The first-order chi connectivity index (χ1) is 13.6. The Hall–Kier alpha value is -3.19. The van der Waals surface area contributed by atoms with Crippen molar-refractivity contribution in [1.29, 1.82) is 0 Å². The third kappa shape index (κ3) is 3.25. The topological polar surface area (TPSA) is 77.2 Å². The molecule has 3 aromatic heterocycles. The second-order valence-corrected chi connectivity index (χ2v) is 7.37. The average molecular weight is 393 g/mol. The Morgan fingerprint density at radius 1 is 1.25 bits per heavy atom. The van der Waals surface area contributed by atoms with Gasteiger partial charge in [-0.1, -0.05) is 29.4 Å². The van der Waals surface area contributed by atoms with Gasteiger partial charge in [-0.05, 0) is 37.4 Å². The normalized spacial score (nSPS) is 12.1. The number of amides is 1. The number of benzene rings is 1. The Kier molecular flexibility index (Phi) is 4.83. The Morgan fingerprint density at radius 3 is 2.82 bits per heavy atom. The quantitative estimate of drug-likeness (QED) is 0.529. The first-order valence-corrected chi connectivity index (χ1v) is 9.71. The van der Waals surface area contributed by atoms with Crippen LogP contribution in [-0.2, 0) is 0 Å². The molecule has 1 unspecified atom stereocenters. The first kappa shape index (κ1) is 18.2. The molecule has 1 N–H and O–H groups in total. The summed E-state index contributed by atoms with van der Waals surface area (Å²) in [4.78, 5) is 18.7. The van der Waals surface area contributed by atoms with Gasteiger partial charge in [0.2, 0.25) is 0 Å². The summed E-state index contributed by atoms with van der Waals surface area (Å²) in [6, 6.07) is 13.1. The summed E-state index contributed by atoms with van der Waals surface area (Å²) in [5.41, 5.74) is 3.08. The van der Waals surface area contributed by atoms with Gasteiger partial charge < -0.3 is 14.6 Å². The number of para-hydroxylation sites is 1. The number of methoxy groups -OCH3 is 1. The molecule has 4 aromatic rings. The number of hydrogen-bond donors (Lipinski definition) is 1. The highest BCUT2D eigenvalue weighted by Gasteiger charge is 2.22. The third-order valence-electron chi connectivity index (χ3n) is 4.59. The number of hydrogen-bond acceptors (Lipinski definition) is 6. The molecule has 0 radical (unpaired) electrons. The highest BCUT2D eigenvalue weighted by Crippen LogP contribution is 2.30. The number of thiophene rings is 1. The molecule has 4 rings (SSSR count). The van der Waals surface area contributed by atoms with E-state index in [0.29, 0.717) is 28.1 Å². The van der Waals surface area contributed by atoms with E-state index >= 15 is 0 Å². The lowest BCUT2D eigenvalue weighted by Gasteiger charge is -2.17. The van der Waals surface area contributed by atoms with Crippen LogP contribution >= 0.6 is 11.3 Å². The largest absolute Gasteiger partial charge is 0.496 e. The van der Waals surface area contributed by atoms with Gasteiger partial charge in [0.05, 0.1) is 40.4 Å². The van der Waals surface area contributed by atoms with Crippen LogP contribution in [0.2, 0.25) is 0 Å². The molecule has 1 aromatic carbocycles. The molecule has 0 fully saturated rings. The molecule has 1 atom stereocenters. The van der Waals surface area contributed by atoms with Gasteiger partial charge in [-0.15, -0.1) is 11.3 Å². The predicted octanol–water partition coefficient (Wildman–Crippen LogP) is 4.76. The van der Waals surface area contributed by atoms with E-state index in [-0.39, 0.29) is 11.9 Å². The van der Waals surface area contributed by atoms with Crippen LogP contribution in [0.15, 0.2) is 52.4 Å². The Labute approximate surface area is 166 Å². The third-order valence-corrected chi connectivity index (χ3v) is 5.48. The summed E-state index contributed by atoms with van der Waals surface area (Å²) in [6.45, 7) is 3.73. The highest BCUT2D eigenvalue weighted by molar-refractivity contribution is 7.13. The van der Waals surface area contributed by atoms with Crippen LogP contribution in [0.3, 0.4) is 0 Å². The number of nitrogens with one attached hydrogen (secondary N) is 1. The molecule has 0 saturated carbocycles. The minimum atomic E-state index is -0.239. The number of nitrogens with zero attached hydrogens (tertiary/aromatic N) is 2. The SMILES string of the molecule is COc1ccccc1C(C)NC(=O)c1cc(-c2cccs2)nc2onc(C)c12. The molecule has 0 aliphatic carbocycles. The lowest BCUT2D eigenvalue weighted by atomic mass is 10.0. The average Bonchev–Trinajstić information content (AvgIpc) is 3.37. The van der Waals surface area contributed by atoms with Crippen LogP contribution in [0.1, 0.15) is 34.6 Å². The second-order valence-electron chi connectivity index (χ2n) is 6.42. The maximum atomic E-state index is 13.2. The smallest absolute Gasteiger partial charge is 0.259 e. The van der Waals surface area contributed by atoms with Crippen molar-refractivity contribution in [2.75, 3.05) is 7.11 Å². The molecule has 0 bridgehead atoms. The van der Waals surface area contributed by atoms with E-state index in [1.807, 2.05) is 48.7 Å². The molecule has 6 nitrogen and oxygen atoms in total. The Morgan fingerprint density at radius 2 is 2.07 bits per heavy atom. The second kappa shape index (κ2) is 7.44. The highest BCUT2D eigenvalue weighted by atomic mass is 32.1. The van der Waals surface area contributed by atoms with Crippen molar-refractivity contribution in [3.63, 3.8) is 0 Å². The van der Waals surface area contributed by atoms with Crippen molar-refractivity contribution < 1.29 is 14.1 Å². The fourth-order valence-corrected chi connectivity index (χ4v) is 3.89. The molecule has 7 heteroatoms. The van der Waals surface area contributed by atoms with Gasteiger partial charge in [-0.2, -0.15) is 0 Å². The van der Waals surface area contributed by atoms with E-state index in [4.69, 9.17) is 9.26 Å². The van der Waals surface area contributed by atoms with Crippen molar-refractivity contribution in [3.8, 4) is 16.3 Å². The predicted molar refractivity (Wildman–Crippen MR) is 109 cm³/mol. The standard InChI is InChI=1S/C21H19N3O3S/c1-12(14-7-4-5-8-17(14)26-3)22-20(25)15-11-16(18-9-6-10-28-18)23-21-19(15)13(2)24-27-21/h4-12H,1-3H3,(H,22,25). The lowest BCUT2D eigenvalue weighted by Crippen LogP contribution is -2.27. The first-order valence-electron chi connectivity index (χ1n) is 8.83. The van der Waals surface area contributed by atoms with Crippen LogP contribution in [-0.4, -0.2) is 23.2 Å². The Balaban J connectivity index is 1.73. The van der Waals surface area contributed by atoms with E-state index in [2.05, 4.69) is 15.5 Å². The van der Waals surface area contributed by atoms with Gasteiger partial charge in [0.15, 0.2) is 0 Å². The molecule has 0 saturated heterocycles. The van der Waals surface area contributed by atoms with Gasteiger partial charge in [0.1, 0.15) is 5.75 Å². The lowest BCUT2D eigenvalue weighted by molar-refractivity contribution is 0.0941. The minimum absolute atomic E-state index is 0.213.